The predicted octanol–water partition coefficient (Wildman–Crippen LogP) is 1.61. The third kappa shape index (κ3) is 2.96. The van der Waals surface area contributed by atoms with Crippen LogP contribution in [0.1, 0.15) is 32.1 Å². The van der Waals surface area contributed by atoms with Crippen molar-refractivity contribution in [1.29, 1.82) is 5.26 Å². The second-order valence-electron chi connectivity index (χ2n) is 5.45. The van der Waals surface area contributed by atoms with Gasteiger partial charge in [0.1, 0.15) is 0 Å². The van der Waals surface area contributed by atoms with E-state index in [0.29, 0.717) is 6.04 Å². The molecular formula is C13H23N3. The van der Waals surface area contributed by atoms with E-state index >= 15 is 0 Å². The third-order valence-electron chi connectivity index (χ3n) is 4.09. The number of hydrogen-bond donors (Lipinski definition) is 1. The number of nitriles is 1. The van der Waals surface area contributed by atoms with Gasteiger partial charge in [0.25, 0.3) is 0 Å². The molecule has 0 amide bonds. The van der Waals surface area contributed by atoms with Crippen molar-refractivity contribution >= 4 is 0 Å². The van der Waals surface area contributed by atoms with Gasteiger partial charge in [0.15, 0.2) is 0 Å². The summed E-state index contributed by atoms with van der Waals surface area (Å²) in [6.07, 6.45) is 6.13. The fraction of sp³-hybridized carbons (Fsp3) is 0.923. The molecule has 2 fully saturated rings. The molecule has 0 aromatic heterocycles. The molecule has 1 N–H and O–H groups in total. The lowest BCUT2D eigenvalue weighted by Crippen LogP contribution is -2.40. The molecule has 2 rings (SSSR count). The van der Waals surface area contributed by atoms with Gasteiger partial charge in [-0.1, -0.05) is 12.8 Å². The number of rotatable bonds is 3. The standard InChI is InChI=1S/C13H23N3/c1-16-7-6-11(10-16)9-15-13-5-3-2-4-12(13)8-14/h11-13,15H,2-7,9-10H2,1H3. The van der Waals surface area contributed by atoms with Crippen LogP contribution in [0.5, 0.6) is 0 Å². The molecule has 1 heterocycles. The first-order valence-electron chi connectivity index (χ1n) is 6.61. The topological polar surface area (TPSA) is 39.1 Å². The van der Waals surface area contributed by atoms with E-state index < -0.39 is 0 Å². The summed E-state index contributed by atoms with van der Waals surface area (Å²) in [5, 5.41) is 12.7. The van der Waals surface area contributed by atoms with E-state index in [4.69, 9.17) is 5.26 Å². The molecule has 0 aromatic carbocycles. The Morgan fingerprint density at radius 2 is 2.12 bits per heavy atom. The summed E-state index contributed by atoms with van der Waals surface area (Å²) in [6.45, 7) is 3.56. The Bertz CT molecular complexity index is 258. The average molecular weight is 221 g/mol. The summed E-state index contributed by atoms with van der Waals surface area (Å²) in [5.41, 5.74) is 0. The van der Waals surface area contributed by atoms with Crippen molar-refractivity contribution in [2.75, 3.05) is 26.7 Å². The first kappa shape index (κ1) is 11.9. The first-order valence-corrected chi connectivity index (χ1v) is 6.61. The van der Waals surface area contributed by atoms with Crippen molar-refractivity contribution in [1.82, 2.24) is 10.2 Å². The van der Waals surface area contributed by atoms with Crippen LogP contribution >= 0.6 is 0 Å². The van der Waals surface area contributed by atoms with E-state index in [1.54, 1.807) is 0 Å². The van der Waals surface area contributed by atoms with Gasteiger partial charge >= 0.3 is 0 Å². The number of nitrogens with zero attached hydrogens (tertiary/aromatic N) is 2. The molecule has 0 aromatic rings. The second kappa shape index (κ2) is 5.65. The Morgan fingerprint density at radius 1 is 1.31 bits per heavy atom. The Morgan fingerprint density at radius 3 is 2.81 bits per heavy atom. The minimum atomic E-state index is 0.257. The van der Waals surface area contributed by atoms with Crippen molar-refractivity contribution in [2.24, 2.45) is 11.8 Å². The maximum atomic E-state index is 9.10. The smallest absolute Gasteiger partial charge is 0.0672 e. The Hall–Kier alpha value is -0.590. The molecule has 1 saturated heterocycles. The van der Waals surface area contributed by atoms with Gasteiger partial charge in [-0.2, -0.15) is 5.26 Å². The summed E-state index contributed by atoms with van der Waals surface area (Å²) in [7, 11) is 2.19. The second-order valence-corrected chi connectivity index (χ2v) is 5.45. The van der Waals surface area contributed by atoms with Gasteiger partial charge in [-0.15, -0.1) is 0 Å². The fourth-order valence-electron chi connectivity index (χ4n) is 3.04. The Kier molecular flexibility index (Phi) is 4.20. The molecule has 3 unspecified atom stereocenters. The molecule has 1 saturated carbocycles. The quantitative estimate of drug-likeness (QED) is 0.787. The van der Waals surface area contributed by atoms with Gasteiger partial charge in [0, 0.05) is 12.6 Å². The molecule has 3 atom stereocenters. The molecule has 2 aliphatic rings. The van der Waals surface area contributed by atoms with Gasteiger partial charge in [-0.05, 0) is 45.3 Å². The van der Waals surface area contributed by atoms with Crippen molar-refractivity contribution in [3.05, 3.63) is 0 Å². The summed E-state index contributed by atoms with van der Waals surface area (Å²) >= 11 is 0. The minimum Gasteiger partial charge on any atom is -0.312 e. The van der Waals surface area contributed by atoms with Crippen LogP contribution in [0.15, 0.2) is 0 Å². The van der Waals surface area contributed by atoms with Crippen LogP contribution in [-0.2, 0) is 0 Å². The highest BCUT2D eigenvalue weighted by Crippen LogP contribution is 2.24. The molecule has 1 aliphatic carbocycles. The van der Waals surface area contributed by atoms with E-state index in [1.807, 2.05) is 0 Å². The van der Waals surface area contributed by atoms with Crippen molar-refractivity contribution < 1.29 is 0 Å². The van der Waals surface area contributed by atoms with E-state index in [1.165, 1.54) is 38.8 Å². The lowest BCUT2D eigenvalue weighted by molar-refractivity contribution is 0.294. The maximum absolute atomic E-state index is 9.10. The number of likely N-dealkylation sites (tertiary alicyclic amines) is 1. The molecule has 90 valence electrons. The monoisotopic (exact) mass is 221 g/mol. The zero-order chi connectivity index (χ0) is 11.4. The van der Waals surface area contributed by atoms with Gasteiger partial charge < -0.3 is 10.2 Å². The zero-order valence-electron chi connectivity index (χ0n) is 10.3. The third-order valence-corrected chi connectivity index (χ3v) is 4.09. The molecule has 3 nitrogen and oxygen atoms in total. The fourth-order valence-corrected chi connectivity index (χ4v) is 3.04. The van der Waals surface area contributed by atoms with Crippen LogP contribution in [0.4, 0.5) is 0 Å². The number of nitrogens with one attached hydrogen (secondary N) is 1. The van der Waals surface area contributed by atoms with Gasteiger partial charge in [-0.25, -0.2) is 0 Å². The van der Waals surface area contributed by atoms with E-state index in [2.05, 4.69) is 23.3 Å². The van der Waals surface area contributed by atoms with Crippen LogP contribution in [0, 0.1) is 23.2 Å². The van der Waals surface area contributed by atoms with Crippen molar-refractivity contribution in [2.45, 2.75) is 38.1 Å². The molecule has 0 radical (unpaired) electrons. The van der Waals surface area contributed by atoms with Gasteiger partial charge in [0.05, 0.1) is 12.0 Å². The number of hydrogen-bond acceptors (Lipinski definition) is 3. The van der Waals surface area contributed by atoms with Crippen LogP contribution in [0.3, 0.4) is 0 Å². The van der Waals surface area contributed by atoms with E-state index in [9.17, 15) is 0 Å². The predicted molar refractivity (Wildman–Crippen MR) is 65.0 cm³/mol. The lowest BCUT2D eigenvalue weighted by atomic mass is 9.85. The summed E-state index contributed by atoms with van der Waals surface area (Å²) in [4.78, 5) is 2.40. The Labute approximate surface area is 98.8 Å². The van der Waals surface area contributed by atoms with Crippen LogP contribution in [0.25, 0.3) is 0 Å². The molecule has 3 heteroatoms. The van der Waals surface area contributed by atoms with Gasteiger partial charge in [-0.3, -0.25) is 0 Å². The van der Waals surface area contributed by atoms with Crippen molar-refractivity contribution in [3.8, 4) is 6.07 Å². The SMILES string of the molecule is CN1CCC(CNC2CCCCC2C#N)C1. The molecule has 0 spiro atoms. The first-order chi connectivity index (χ1) is 7.79. The Balaban J connectivity index is 1.74. The highest BCUT2D eigenvalue weighted by Gasteiger charge is 2.26. The van der Waals surface area contributed by atoms with Gasteiger partial charge in [0.2, 0.25) is 0 Å². The zero-order valence-corrected chi connectivity index (χ0v) is 10.3. The van der Waals surface area contributed by atoms with Crippen LogP contribution in [0.2, 0.25) is 0 Å². The summed E-state index contributed by atoms with van der Waals surface area (Å²) < 4.78 is 0. The van der Waals surface area contributed by atoms with Crippen molar-refractivity contribution in [3.63, 3.8) is 0 Å². The molecular weight excluding hydrogens is 198 g/mol. The van der Waals surface area contributed by atoms with Crippen LogP contribution < -0.4 is 5.32 Å². The lowest BCUT2D eigenvalue weighted by Gasteiger charge is -2.28. The summed E-state index contributed by atoms with van der Waals surface area (Å²) in [6, 6.07) is 2.93. The molecule has 1 aliphatic heterocycles. The normalized spacial score (nSPS) is 36.1. The minimum absolute atomic E-state index is 0.257. The molecule has 16 heavy (non-hydrogen) atoms. The van der Waals surface area contributed by atoms with E-state index in [0.717, 1.165) is 18.9 Å². The highest BCUT2D eigenvalue weighted by atomic mass is 15.1. The molecule has 0 bridgehead atoms. The van der Waals surface area contributed by atoms with Crippen LogP contribution in [-0.4, -0.2) is 37.6 Å². The maximum Gasteiger partial charge on any atom is 0.0672 e. The van der Waals surface area contributed by atoms with E-state index in [-0.39, 0.29) is 5.92 Å². The average Bonchev–Trinajstić information content (AvgIpc) is 2.73. The highest BCUT2D eigenvalue weighted by molar-refractivity contribution is 4.95. The largest absolute Gasteiger partial charge is 0.312 e. The summed E-state index contributed by atoms with van der Waals surface area (Å²) in [5.74, 6) is 1.05.